The third-order valence-electron chi connectivity index (χ3n) is 2.93. The summed E-state index contributed by atoms with van der Waals surface area (Å²) in [7, 11) is 5.90. The highest BCUT2D eigenvalue weighted by Gasteiger charge is 2.08. The summed E-state index contributed by atoms with van der Waals surface area (Å²) in [6, 6.07) is 10.1. The molecule has 1 heterocycles. The fraction of sp³-hybridized carbons (Fsp3) is 0.214. The van der Waals surface area contributed by atoms with Gasteiger partial charge < -0.3 is 17.3 Å². The fourth-order valence-corrected chi connectivity index (χ4v) is 1.89. The van der Waals surface area contributed by atoms with Gasteiger partial charge in [0, 0.05) is 36.3 Å². The molecule has 0 saturated heterocycles. The van der Waals surface area contributed by atoms with Gasteiger partial charge in [-0.1, -0.05) is 17.2 Å². The van der Waals surface area contributed by atoms with Gasteiger partial charge in [-0.05, 0) is 23.2 Å². The molecule has 1 aromatic heterocycles. The van der Waals surface area contributed by atoms with Crippen LogP contribution in [0, 0.1) is 0 Å². The molecule has 0 bridgehead atoms. The van der Waals surface area contributed by atoms with E-state index in [1.165, 1.54) is 0 Å². The first-order valence-corrected chi connectivity index (χ1v) is 5.94. The molecule has 104 valence electrons. The van der Waals surface area contributed by atoms with Crippen molar-refractivity contribution in [2.45, 2.75) is 0 Å². The summed E-state index contributed by atoms with van der Waals surface area (Å²) in [6.45, 7) is 0. The van der Waals surface area contributed by atoms with Crippen LogP contribution in [-0.2, 0) is 7.05 Å². The van der Waals surface area contributed by atoms with Crippen LogP contribution in [-0.4, -0.2) is 14.1 Å². The van der Waals surface area contributed by atoms with Crippen molar-refractivity contribution >= 4 is 11.4 Å². The minimum atomic E-state index is 0. The zero-order chi connectivity index (χ0) is 13.8. The van der Waals surface area contributed by atoms with E-state index < -0.39 is 0 Å². The van der Waals surface area contributed by atoms with Crippen molar-refractivity contribution in [3.8, 4) is 11.1 Å². The van der Waals surface area contributed by atoms with Gasteiger partial charge in [-0.3, -0.25) is 0 Å². The predicted molar refractivity (Wildman–Crippen MR) is 76.2 cm³/mol. The van der Waals surface area contributed by atoms with E-state index in [-0.39, 0.29) is 12.4 Å². The molecule has 0 spiro atoms. The van der Waals surface area contributed by atoms with Gasteiger partial charge in [0.2, 0.25) is 0 Å². The van der Waals surface area contributed by atoms with Gasteiger partial charge in [0.15, 0.2) is 12.4 Å². The number of pyridine rings is 1. The van der Waals surface area contributed by atoms with Crippen molar-refractivity contribution in [3.05, 3.63) is 53.2 Å². The monoisotopic (exact) mass is 289 g/mol. The van der Waals surface area contributed by atoms with Crippen LogP contribution in [0.4, 0.5) is 11.4 Å². The number of aryl methyl sites for hydroxylation is 1. The maximum atomic E-state index is 8.64. The third-order valence-corrected chi connectivity index (χ3v) is 2.93. The smallest absolute Gasteiger partial charge is 0.178 e. The summed E-state index contributed by atoms with van der Waals surface area (Å²) in [5.41, 5.74) is 12.4. The van der Waals surface area contributed by atoms with Gasteiger partial charge in [-0.25, -0.2) is 4.57 Å². The second-order valence-electron chi connectivity index (χ2n) is 4.54. The summed E-state index contributed by atoms with van der Waals surface area (Å²) >= 11 is 0. The van der Waals surface area contributed by atoms with E-state index in [0.717, 1.165) is 16.8 Å². The highest BCUT2D eigenvalue weighted by Crippen LogP contribution is 2.30. The molecule has 2 aromatic rings. The van der Waals surface area contributed by atoms with Crippen LogP contribution in [0.1, 0.15) is 0 Å². The van der Waals surface area contributed by atoms with Gasteiger partial charge in [0.1, 0.15) is 12.7 Å². The van der Waals surface area contributed by atoms with E-state index >= 15 is 0 Å². The Balaban J connectivity index is 0.00000200. The number of hydrogen-bond acceptors (Lipinski definition) is 2. The number of anilines is 1. The molecule has 1 aromatic carbocycles. The molecule has 0 N–H and O–H groups in total. The van der Waals surface area contributed by atoms with Gasteiger partial charge in [-0.15, -0.1) is 0 Å². The standard InChI is InChI=1S/C14H16N5.ClH/c1-18(2)12-6-4-11(5-7-12)13-8-9-19(3)10-14(13)16-17-15;/h4-10H,1-3H3;1H/q+1;/p-1. The molecule has 0 atom stereocenters. The second-order valence-corrected chi connectivity index (χ2v) is 4.54. The lowest BCUT2D eigenvalue weighted by molar-refractivity contribution is -0.670. The topological polar surface area (TPSA) is 55.9 Å². The van der Waals surface area contributed by atoms with Crippen molar-refractivity contribution < 1.29 is 17.0 Å². The molecule has 0 amide bonds. The Kier molecular flexibility index (Phi) is 5.38. The van der Waals surface area contributed by atoms with E-state index in [4.69, 9.17) is 5.53 Å². The van der Waals surface area contributed by atoms with E-state index in [1.54, 1.807) is 0 Å². The quantitative estimate of drug-likeness (QED) is 0.344. The average Bonchev–Trinajstić information content (AvgIpc) is 2.39. The molecule has 6 heteroatoms. The molecule has 0 saturated carbocycles. The lowest BCUT2D eigenvalue weighted by atomic mass is 10.1. The summed E-state index contributed by atoms with van der Waals surface area (Å²) in [5, 5.41) is 3.75. The van der Waals surface area contributed by atoms with Crippen molar-refractivity contribution in [2.75, 3.05) is 19.0 Å². The maximum Gasteiger partial charge on any atom is 0.178 e. The van der Waals surface area contributed by atoms with E-state index in [2.05, 4.69) is 10.0 Å². The first-order chi connectivity index (χ1) is 9.11. The third kappa shape index (κ3) is 3.41. The molecule has 2 rings (SSSR count). The lowest BCUT2D eigenvalue weighted by Crippen LogP contribution is -3.00. The molecule has 0 fully saturated rings. The van der Waals surface area contributed by atoms with Crippen molar-refractivity contribution in [1.29, 1.82) is 0 Å². The number of nitrogens with zero attached hydrogens (tertiary/aromatic N) is 5. The van der Waals surface area contributed by atoms with Crippen LogP contribution >= 0.6 is 0 Å². The zero-order valence-electron chi connectivity index (χ0n) is 11.7. The van der Waals surface area contributed by atoms with Crippen LogP contribution in [0.15, 0.2) is 47.8 Å². The minimum Gasteiger partial charge on any atom is -1.00 e. The van der Waals surface area contributed by atoms with Crippen molar-refractivity contribution in [1.82, 2.24) is 0 Å². The Bertz CT molecular complexity index is 631. The predicted octanol–water partition coefficient (Wildman–Crippen LogP) is 0.190. The molecule has 0 aliphatic rings. The van der Waals surface area contributed by atoms with Crippen LogP contribution in [0.2, 0.25) is 0 Å². The van der Waals surface area contributed by atoms with Crippen molar-refractivity contribution in [2.24, 2.45) is 12.2 Å². The normalized spacial score (nSPS) is 9.35. The van der Waals surface area contributed by atoms with Crippen LogP contribution in [0.3, 0.4) is 0 Å². The number of rotatable bonds is 3. The maximum absolute atomic E-state index is 8.64. The van der Waals surface area contributed by atoms with E-state index in [0.29, 0.717) is 5.69 Å². The Morgan fingerprint density at radius 3 is 2.35 bits per heavy atom. The zero-order valence-corrected chi connectivity index (χ0v) is 12.4. The van der Waals surface area contributed by atoms with Gasteiger partial charge in [-0.2, -0.15) is 0 Å². The number of aromatic nitrogens is 1. The second kappa shape index (κ2) is 6.80. The first kappa shape index (κ1) is 15.8. The molecule has 0 aliphatic carbocycles. The van der Waals surface area contributed by atoms with Crippen LogP contribution in [0.5, 0.6) is 0 Å². The van der Waals surface area contributed by atoms with Gasteiger partial charge in [0.05, 0.1) is 0 Å². The molecule has 20 heavy (non-hydrogen) atoms. The fourth-order valence-electron chi connectivity index (χ4n) is 1.89. The largest absolute Gasteiger partial charge is 1.00 e. The Morgan fingerprint density at radius 2 is 1.80 bits per heavy atom. The van der Waals surface area contributed by atoms with Crippen LogP contribution < -0.4 is 21.9 Å². The highest BCUT2D eigenvalue weighted by atomic mass is 35.5. The molecule has 5 nitrogen and oxygen atoms in total. The molecular weight excluding hydrogens is 274 g/mol. The SMILES string of the molecule is CN(C)c1ccc(-c2cc[n+](C)cc2N=[N+]=[N-])cc1.[Cl-]. The molecule has 0 aliphatic heterocycles. The summed E-state index contributed by atoms with van der Waals surface area (Å²) < 4.78 is 1.86. The Labute approximate surface area is 124 Å². The molecule has 0 unspecified atom stereocenters. The summed E-state index contributed by atoms with van der Waals surface area (Å²) in [4.78, 5) is 4.93. The van der Waals surface area contributed by atoms with E-state index in [9.17, 15) is 0 Å². The molecular formula is C14H16ClN5. The summed E-state index contributed by atoms with van der Waals surface area (Å²) in [6.07, 6.45) is 3.75. The Hall–Kier alpha value is -2.23. The van der Waals surface area contributed by atoms with Crippen LogP contribution in [0.25, 0.3) is 21.6 Å². The number of benzene rings is 1. The highest BCUT2D eigenvalue weighted by molar-refractivity contribution is 5.75. The number of hydrogen-bond donors (Lipinski definition) is 0. The van der Waals surface area contributed by atoms with Gasteiger partial charge in [0.25, 0.3) is 0 Å². The Morgan fingerprint density at radius 1 is 1.15 bits per heavy atom. The number of azide groups is 1. The first-order valence-electron chi connectivity index (χ1n) is 5.94. The number of halogens is 1. The average molecular weight is 290 g/mol. The summed E-state index contributed by atoms with van der Waals surface area (Å²) in [5.74, 6) is 0. The molecule has 0 radical (unpaired) electrons. The van der Waals surface area contributed by atoms with Crippen molar-refractivity contribution in [3.63, 3.8) is 0 Å². The van der Waals surface area contributed by atoms with E-state index in [1.807, 2.05) is 73.3 Å². The minimum absolute atomic E-state index is 0. The van der Waals surface area contributed by atoms with Gasteiger partial charge >= 0.3 is 0 Å². The lowest BCUT2D eigenvalue weighted by Gasteiger charge is -2.13.